The second-order valence-electron chi connectivity index (χ2n) is 5.36. The molecule has 14 N–H and O–H groups in total. The van der Waals surface area contributed by atoms with Gasteiger partial charge in [-0.25, -0.2) is 4.98 Å². The number of nitrogens with one attached hydrogen (secondary N) is 2. The number of carbonyl (C=O) groups excluding carboxylic acids is 1. The molecule has 3 heterocycles. The van der Waals surface area contributed by atoms with E-state index < -0.39 is 0 Å². The van der Waals surface area contributed by atoms with Crippen LogP contribution in [-0.2, 0) is 0 Å². The summed E-state index contributed by atoms with van der Waals surface area (Å²) in [5.41, 5.74) is 32.0. The van der Waals surface area contributed by atoms with Crippen molar-refractivity contribution in [3.05, 3.63) is 22.8 Å². The van der Waals surface area contributed by atoms with Crippen LogP contribution in [0.4, 0.5) is 46.9 Å². The molecular weight excluding hydrogens is 428 g/mol. The van der Waals surface area contributed by atoms with Crippen LogP contribution in [0.1, 0.15) is 10.4 Å². The van der Waals surface area contributed by atoms with Crippen molar-refractivity contribution in [2.75, 3.05) is 59.1 Å². The molecule has 0 radical (unpaired) electrons. The molecule has 166 valence electrons. The van der Waals surface area contributed by atoms with Gasteiger partial charge in [0, 0.05) is 26.2 Å². The van der Waals surface area contributed by atoms with E-state index in [9.17, 15) is 4.79 Å². The highest BCUT2D eigenvalue weighted by Crippen LogP contribution is 2.16. The zero-order valence-electron chi connectivity index (χ0n) is 16.7. The number of hydrogen-bond acceptors (Lipinski definition) is 15. The number of nitrogens with zero attached hydrogens (tertiary/aromatic N) is 6. The number of halogens is 1. The number of aldehydes is 1. The van der Waals surface area contributed by atoms with Gasteiger partial charge < -0.3 is 45.0 Å². The highest BCUT2D eigenvalue weighted by atomic mass is 35.5. The van der Waals surface area contributed by atoms with Gasteiger partial charge in [-0.1, -0.05) is 11.6 Å². The van der Waals surface area contributed by atoms with Gasteiger partial charge in [0.15, 0.2) is 6.29 Å². The lowest BCUT2D eigenvalue weighted by Crippen LogP contribution is -2.08. The minimum absolute atomic E-state index is 0.0439. The summed E-state index contributed by atoms with van der Waals surface area (Å²) in [6.45, 7) is 0. The summed E-state index contributed by atoms with van der Waals surface area (Å²) < 4.78 is 0. The van der Waals surface area contributed by atoms with E-state index in [1.807, 2.05) is 0 Å². The SMILES string of the molecule is CNc1cc(N)nc(N)n1.CNc1nc(N)nc(N)c1C=O.Nc1cc(Cl)nc(N)n1. The molecule has 0 aliphatic rings. The molecule has 31 heavy (non-hydrogen) atoms. The summed E-state index contributed by atoms with van der Waals surface area (Å²) in [5, 5.41) is 5.75. The van der Waals surface area contributed by atoms with E-state index in [4.69, 9.17) is 46.0 Å². The molecule has 3 aromatic rings. The van der Waals surface area contributed by atoms with Crippen molar-refractivity contribution in [1.82, 2.24) is 29.9 Å². The smallest absolute Gasteiger partial charge is 0.223 e. The van der Waals surface area contributed by atoms with Crippen LogP contribution in [0.2, 0.25) is 5.15 Å². The topological polar surface area (TPSA) is 275 Å². The first-order valence-corrected chi connectivity index (χ1v) is 8.66. The molecular formula is C15H23ClN14O. The van der Waals surface area contributed by atoms with E-state index in [-0.39, 0.29) is 40.2 Å². The van der Waals surface area contributed by atoms with E-state index in [1.54, 1.807) is 20.2 Å². The maximum absolute atomic E-state index is 10.5. The molecule has 0 aliphatic carbocycles. The fraction of sp³-hybridized carbons (Fsp3) is 0.133. The third-order valence-electron chi connectivity index (χ3n) is 3.10. The number of aromatic nitrogens is 6. The first kappa shape index (κ1) is 24.6. The average molecular weight is 451 g/mol. The Balaban J connectivity index is 0.000000235. The van der Waals surface area contributed by atoms with Gasteiger partial charge in [0.2, 0.25) is 17.8 Å². The third kappa shape index (κ3) is 8.24. The molecule has 0 unspecified atom stereocenters. The van der Waals surface area contributed by atoms with Crippen LogP contribution in [0.3, 0.4) is 0 Å². The molecule has 0 spiro atoms. The average Bonchev–Trinajstić information content (AvgIpc) is 2.66. The van der Waals surface area contributed by atoms with Crippen molar-refractivity contribution in [1.29, 1.82) is 0 Å². The Morgan fingerprint density at radius 3 is 1.77 bits per heavy atom. The van der Waals surface area contributed by atoms with Crippen molar-refractivity contribution in [3.8, 4) is 0 Å². The number of nitrogens with two attached hydrogens (primary N) is 6. The van der Waals surface area contributed by atoms with E-state index in [0.29, 0.717) is 23.7 Å². The molecule has 0 amide bonds. The maximum Gasteiger partial charge on any atom is 0.223 e. The molecule has 3 rings (SSSR count). The van der Waals surface area contributed by atoms with Crippen LogP contribution < -0.4 is 45.0 Å². The second-order valence-corrected chi connectivity index (χ2v) is 5.74. The fourth-order valence-electron chi connectivity index (χ4n) is 1.88. The number of carbonyl (C=O) groups is 1. The van der Waals surface area contributed by atoms with Crippen molar-refractivity contribution in [2.45, 2.75) is 0 Å². The van der Waals surface area contributed by atoms with E-state index in [2.05, 4.69) is 40.5 Å². The summed E-state index contributed by atoms with van der Waals surface area (Å²) >= 11 is 5.44. The zero-order valence-corrected chi connectivity index (χ0v) is 17.4. The molecule has 0 aliphatic heterocycles. The Morgan fingerprint density at radius 1 is 0.774 bits per heavy atom. The Bertz CT molecular complexity index is 960. The Hall–Kier alpha value is -4.40. The van der Waals surface area contributed by atoms with Gasteiger partial charge in [-0.15, -0.1) is 0 Å². The van der Waals surface area contributed by atoms with Crippen LogP contribution in [0.5, 0.6) is 0 Å². The summed E-state index contributed by atoms with van der Waals surface area (Å²) in [4.78, 5) is 32.6. The van der Waals surface area contributed by atoms with Crippen LogP contribution in [0.15, 0.2) is 12.1 Å². The third-order valence-corrected chi connectivity index (χ3v) is 3.29. The molecule has 0 fully saturated rings. The van der Waals surface area contributed by atoms with Crippen LogP contribution in [-0.4, -0.2) is 50.3 Å². The van der Waals surface area contributed by atoms with Gasteiger partial charge in [0.1, 0.15) is 34.2 Å². The van der Waals surface area contributed by atoms with Crippen LogP contribution in [0, 0.1) is 0 Å². The summed E-state index contributed by atoms with van der Waals surface area (Å²) in [5.74, 6) is 2.04. The quantitative estimate of drug-likeness (QED) is 0.184. The van der Waals surface area contributed by atoms with Gasteiger partial charge in [0.05, 0.1) is 5.56 Å². The molecule has 0 bridgehead atoms. The first-order valence-electron chi connectivity index (χ1n) is 8.28. The summed E-state index contributed by atoms with van der Waals surface area (Å²) in [6, 6.07) is 3.04. The fourth-order valence-corrected chi connectivity index (χ4v) is 2.08. The highest BCUT2D eigenvalue weighted by molar-refractivity contribution is 6.29. The predicted molar refractivity (Wildman–Crippen MR) is 122 cm³/mol. The monoisotopic (exact) mass is 450 g/mol. The van der Waals surface area contributed by atoms with E-state index >= 15 is 0 Å². The minimum Gasteiger partial charge on any atom is -0.383 e. The van der Waals surface area contributed by atoms with E-state index in [1.165, 1.54) is 6.07 Å². The van der Waals surface area contributed by atoms with Gasteiger partial charge >= 0.3 is 0 Å². The van der Waals surface area contributed by atoms with Gasteiger partial charge in [-0.2, -0.15) is 24.9 Å². The standard InChI is InChI=1S/C6H9N5O.C5H9N5.C4H5ClN4/c1-9-5-3(2-12)4(7)10-6(8)11-5;1-8-4-2-3(6)9-5(7)10-4;5-2-1-3(6)9-4(7)8-2/h2H,1H3,(H5,7,8,9,10,11);2H,1H3,(H5,6,7,8,9,10);1H,(H4,6,7,8,9). The molecule has 0 saturated heterocycles. The molecule has 0 aromatic carbocycles. The number of anilines is 8. The minimum atomic E-state index is 0.0439. The summed E-state index contributed by atoms with van der Waals surface area (Å²) in [7, 11) is 3.36. The number of rotatable bonds is 3. The lowest BCUT2D eigenvalue weighted by molar-refractivity contribution is 0.112. The Kier molecular flexibility index (Phi) is 9.19. The normalized spacial score (nSPS) is 9.39. The Labute approximate surface area is 182 Å². The molecule has 0 saturated carbocycles. The molecule has 16 heteroatoms. The molecule has 15 nitrogen and oxygen atoms in total. The zero-order chi connectivity index (χ0) is 23.6. The number of hydrogen-bond donors (Lipinski definition) is 8. The van der Waals surface area contributed by atoms with Crippen molar-refractivity contribution in [2.24, 2.45) is 0 Å². The molecule has 3 aromatic heterocycles. The van der Waals surface area contributed by atoms with Crippen molar-refractivity contribution < 1.29 is 4.79 Å². The highest BCUT2D eigenvalue weighted by Gasteiger charge is 2.08. The lowest BCUT2D eigenvalue weighted by Gasteiger charge is -2.04. The maximum atomic E-state index is 10.5. The number of nitrogen functional groups attached to an aromatic ring is 6. The van der Waals surface area contributed by atoms with E-state index in [0.717, 1.165) is 0 Å². The van der Waals surface area contributed by atoms with Gasteiger partial charge in [-0.05, 0) is 0 Å². The Morgan fingerprint density at radius 2 is 1.32 bits per heavy atom. The van der Waals surface area contributed by atoms with Crippen molar-refractivity contribution in [3.63, 3.8) is 0 Å². The second kappa shape index (κ2) is 11.6. The lowest BCUT2D eigenvalue weighted by atomic mass is 10.3. The predicted octanol–water partition coefficient (Wildman–Crippen LogP) is -0.528. The largest absolute Gasteiger partial charge is 0.383 e. The van der Waals surface area contributed by atoms with Crippen LogP contribution >= 0.6 is 11.6 Å². The van der Waals surface area contributed by atoms with Crippen molar-refractivity contribution >= 4 is 64.8 Å². The molecule has 0 atom stereocenters. The van der Waals surface area contributed by atoms with Gasteiger partial charge in [-0.3, -0.25) is 4.79 Å². The van der Waals surface area contributed by atoms with Gasteiger partial charge in [0.25, 0.3) is 0 Å². The van der Waals surface area contributed by atoms with Crippen LogP contribution in [0.25, 0.3) is 0 Å². The first-order chi connectivity index (χ1) is 14.6. The summed E-state index contributed by atoms with van der Waals surface area (Å²) in [6.07, 6.45) is 0.584.